The highest BCUT2D eigenvalue weighted by molar-refractivity contribution is 6.02. The summed E-state index contributed by atoms with van der Waals surface area (Å²) >= 11 is 0. The first-order chi connectivity index (χ1) is 15.0. The molecule has 0 atom stereocenters. The largest absolute Gasteiger partial charge is 0.468 e. The minimum atomic E-state index is -0.814. The highest BCUT2D eigenvalue weighted by Crippen LogP contribution is 2.18. The van der Waals surface area contributed by atoms with Crippen LogP contribution in [0.1, 0.15) is 21.6 Å². The summed E-state index contributed by atoms with van der Waals surface area (Å²) < 4.78 is 34.9. The third kappa shape index (κ3) is 4.95. The van der Waals surface area contributed by atoms with Crippen molar-refractivity contribution >= 4 is 11.7 Å². The maximum Gasteiger partial charge on any atom is 0.277 e. The number of nitrogens with one attached hydrogen (secondary N) is 1. The van der Waals surface area contributed by atoms with Gasteiger partial charge in [-0.3, -0.25) is 9.48 Å². The predicted molar refractivity (Wildman–Crippen MR) is 110 cm³/mol. The zero-order valence-electron chi connectivity index (χ0n) is 16.6. The van der Waals surface area contributed by atoms with Gasteiger partial charge in [0.05, 0.1) is 6.54 Å². The molecular weight excluding hydrogens is 404 g/mol. The third-order valence-electron chi connectivity index (χ3n) is 4.60. The summed E-state index contributed by atoms with van der Waals surface area (Å²) in [7, 11) is 0. The number of anilines is 1. The molecule has 4 aromatic rings. The molecule has 0 radical (unpaired) electrons. The molecule has 0 fully saturated rings. The SMILES string of the molecule is Cc1ccccc1Cn1ccc(NC(=O)c2ccn(COc3ccc(F)cc3F)n2)n1. The number of halogens is 2. The molecule has 0 saturated heterocycles. The molecule has 2 heterocycles. The fourth-order valence-corrected chi connectivity index (χ4v) is 2.94. The van der Waals surface area contributed by atoms with Crippen molar-refractivity contribution in [1.29, 1.82) is 0 Å². The number of hydrogen-bond donors (Lipinski definition) is 1. The van der Waals surface area contributed by atoms with Crippen molar-refractivity contribution in [2.45, 2.75) is 20.2 Å². The molecule has 0 saturated carbocycles. The lowest BCUT2D eigenvalue weighted by Gasteiger charge is -2.07. The van der Waals surface area contributed by atoms with Gasteiger partial charge in [0.25, 0.3) is 5.91 Å². The van der Waals surface area contributed by atoms with E-state index in [-0.39, 0.29) is 18.2 Å². The second-order valence-corrected chi connectivity index (χ2v) is 6.87. The topological polar surface area (TPSA) is 74.0 Å². The van der Waals surface area contributed by atoms with Crippen molar-refractivity contribution in [1.82, 2.24) is 19.6 Å². The Hall–Kier alpha value is -4.01. The molecular formula is C22H19F2N5O2. The Morgan fingerprint density at radius 3 is 2.65 bits per heavy atom. The van der Waals surface area contributed by atoms with Crippen LogP contribution in [0.3, 0.4) is 0 Å². The maximum absolute atomic E-state index is 13.6. The Kier molecular flexibility index (Phi) is 5.74. The van der Waals surface area contributed by atoms with Gasteiger partial charge in [0.1, 0.15) is 5.82 Å². The van der Waals surface area contributed by atoms with Crippen LogP contribution < -0.4 is 10.1 Å². The summed E-state index contributed by atoms with van der Waals surface area (Å²) in [5.41, 5.74) is 2.45. The second kappa shape index (κ2) is 8.78. The smallest absolute Gasteiger partial charge is 0.277 e. The number of carbonyl (C=O) groups excluding carboxylic acids is 1. The number of amides is 1. The van der Waals surface area contributed by atoms with E-state index in [0.717, 1.165) is 23.3 Å². The van der Waals surface area contributed by atoms with Crippen LogP contribution in [0.15, 0.2) is 67.0 Å². The van der Waals surface area contributed by atoms with E-state index < -0.39 is 17.5 Å². The Morgan fingerprint density at radius 2 is 1.84 bits per heavy atom. The number of benzene rings is 2. The molecule has 4 rings (SSSR count). The van der Waals surface area contributed by atoms with Crippen molar-refractivity contribution in [3.63, 3.8) is 0 Å². The Labute approximate surface area is 176 Å². The number of aromatic nitrogens is 4. The zero-order valence-corrected chi connectivity index (χ0v) is 16.6. The fraction of sp³-hybridized carbons (Fsp3) is 0.136. The van der Waals surface area contributed by atoms with E-state index >= 15 is 0 Å². The van der Waals surface area contributed by atoms with Crippen LogP contribution in [-0.4, -0.2) is 25.5 Å². The Bertz CT molecular complexity index is 1220. The molecule has 9 heteroatoms. The first kappa shape index (κ1) is 20.3. The van der Waals surface area contributed by atoms with Crippen molar-refractivity contribution in [3.05, 3.63) is 95.4 Å². The minimum absolute atomic E-state index is 0.109. The van der Waals surface area contributed by atoms with Crippen LogP contribution in [0.25, 0.3) is 0 Å². The van der Waals surface area contributed by atoms with Crippen LogP contribution in [0.4, 0.5) is 14.6 Å². The number of nitrogens with zero attached hydrogens (tertiary/aromatic N) is 4. The molecule has 2 aromatic carbocycles. The van der Waals surface area contributed by atoms with Gasteiger partial charge in [0, 0.05) is 24.5 Å². The van der Waals surface area contributed by atoms with E-state index in [1.807, 2.05) is 31.2 Å². The van der Waals surface area contributed by atoms with E-state index in [0.29, 0.717) is 12.4 Å². The molecule has 7 nitrogen and oxygen atoms in total. The number of ether oxygens (including phenoxy) is 1. The van der Waals surface area contributed by atoms with E-state index in [9.17, 15) is 13.6 Å². The van der Waals surface area contributed by atoms with Crippen LogP contribution >= 0.6 is 0 Å². The average molecular weight is 423 g/mol. The maximum atomic E-state index is 13.6. The third-order valence-corrected chi connectivity index (χ3v) is 4.60. The lowest BCUT2D eigenvalue weighted by Crippen LogP contribution is -2.15. The monoisotopic (exact) mass is 423 g/mol. The molecule has 0 aliphatic rings. The van der Waals surface area contributed by atoms with Gasteiger partial charge in [-0.15, -0.1) is 0 Å². The zero-order chi connectivity index (χ0) is 21.8. The van der Waals surface area contributed by atoms with Crippen molar-refractivity contribution in [2.75, 3.05) is 5.32 Å². The first-order valence-corrected chi connectivity index (χ1v) is 9.48. The van der Waals surface area contributed by atoms with Gasteiger partial charge in [-0.05, 0) is 36.2 Å². The van der Waals surface area contributed by atoms with Crippen LogP contribution in [-0.2, 0) is 13.3 Å². The van der Waals surface area contributed by atoms with E-state index in [2.05, 4.69) is 15.5 Å². The summed E-state index contributed by atoms with van der Waals surface area (Å²) in [4.78, 5) is 12.4. The molecule has 1 amide bonds. The van der Waals surface area contributed by atoms with Crippen molar-refractivity contribution in [2.24, 2.45) is 0 Å². The Morgan fingerprint density at radius 1 is 1.03 bits per heavy atom. The van der Waals surface area contributed by atoms with E-state index in [1.54, 1.807) is 16.9 Å². The molecule has 158 valence electrons. The predicted octanol–water partition coefficient (Wildman–Crippen LogP) is 4.00. The first-order valence-electron chi connectivity index (χ1n) is 9.48. The number of hydrogen-bond acceptors (Lipinski definition) is 4. The highest BCUT2D eigenvalue weighted by atomic mass is 19.1. The summed E-state index contributed by atoms with van der Waals surface area (Å²) in [5, 5.41) is 11.2. The van der Waals surface area contributed by atoms with Crippen molar-refractivity contribution in [3.8, 4) is 5.75 Å². The Balaban J connectivity index is 1.35. The summed E-state index contributed by atoms with van der Waals surface area (Å²) in [6, 6.07) is 14.2. The van der Waals surface area contributed by atoms with Gasteiger partial charge in [-0.25, -0.2) is 13.5 Å². The molecule has 0 aliphatic carbocycles. The van der Waals surface area contributed by atoms with E-state index in [4.69, 9.17) is 4.74 Å². The second-order valence-electron chi connectivity index (χ2n) is 6.87. The van der Waals surface area contributed by atoms with Gasteiger partial charge in [0.2, 0.25) is 0 Å². The van der Waals surface area contributed by atoms with Crippen molar-refractivity contribution < 1.29 is 18.3 Å². The van der Waals surface area contributed by atoms with Crippen LogP contribution in [0.5, 0.6) is 5.75 Å². The summed E-state index contributed by atoms with van der Waals surface area (Å²) in [5.74, 6) is -1.65. The minimum Gasteiger partial charge on any atom is -0.468 e. The van der Waals surface area contributed by atoms with Gasteiger partial charge in [0.15, 0.2) is 29.8 Å². The van der Waals surface area contributed by atoms with E-state index in [1.165, 1.54) is 23.0 Å². The van der Waals surface area contributed by atoms with Gasteiger partial charge in [-0.1, -0.05) is 24.3 Å². The fourth-order valence-electron chi connectivity index (χ4n) is 2.94. The lowest BCUT2D eigenvalue weighted by molar-refractivity contribution is 0.101. The number of aryl methyl sites for hydroxylation is 1. The molecule has 2 aromatic heterocycles. The van der Waals surface area contributed by atoms with Gasteiger partial charge < -0.3 is 10.1 Å². The molecule has 0 spiro atoms. The van der Waals surface area contributed by atoms with Gasteiger partial charge >= 0.3 is 0 Å². The quantitative estimate of drug-likeness (QED) is 0.488. The normalized spacial score (nSPS) is 10.8. The highest BCUT2D eigenvalue weighted by Gasteiger charge is 2.12. The standard InChI is InChI=1S/C22H19F2N5O2/c1-15-4-2-3-5-16(15)13-28-11-9-21(27-28)25-22(30)19-8-10-29(26-19)14-31-20-7-6-17(23)12-18(20)24/h2-12H,13-14H2,1H3,(H,25,27,30). The average Bonchev–Trinajstić information content (AvgIpc) is 3.39. The summed E-state index contributed by atoms with van der Waals surface area (Å²) in [6.45, 7) is 2.49. The van der Waals surface area contributed by atoms with Crippen LogP contribution in [0.2, 0.25) is 0 Å². The molecule has 0 bridgehead atoms. The summed E-state index contributed by atoms with van der Waals surface area (Å²) in [6.07, 6.45) is 3.30. The number of carbonyl (C=O) groups is 1. The molecule has 31 heavy (non-hydrogen) atoms. The lowest BCUT2D eigenvalue weighted by atomic mass is 10.1. The molecule has 0 aliphatic heterocycles. The molecule has 0 unspecified atom stereocenters. The van der Waals surface area contributed by atoms with Gasteiger partial charge in [-0.2, -0.15) is 10.2 Å². The number of rotatable bonds is 7. The molecule has 1 N–H and O–H groups in total. The van der Waals surface area contributed by atoms with Crippen LogP contribution in [0, 0.1) is 18.6 Å².